The second-order valence-corrected chi connectivity index (χ2v) is 6.55. The fourth-order valence-electron chi connectivity index (χ4n) is 2.66. The number of hydrogen-bond donors (Lipinski definition) is 2. The minimum absolute atomic E-state index is 0.199. The van der Waals surface area contributed by atoms with Crippen molar-refractivity contribution in [1.82, 2.24) is 10.9 Å². The normalized spacial score (nSPS) is 10.2. The van der Waals surface area contributed by atoms with Crippen molar-refractivity contribution in [3.8, 4) is 23.0 Å². The highest BCUT2D eigenvalue weighted by molar-refractivity contribution is 5.96. The molecule has 0 aliphatic carbocycles. The van der Waals surface area contributed by atoms with E-state index in [1.165, 1.54) is 7.11 Å². The first kappa shape index (κ1) is 23.9. The van der Waals surface area contributed by atoms with Crippen molar-refractivity contribution in [3.63, 3.8) is 0 Å². The lowest BCUT2D eigenvalue weighted by Gasteiger charge is -2.13. The Balaban J connectivity index is 1.75. The van der Waals surface area contributed by atoms with Crippen molar-refractivity contribution >= 4 is 11.8 Å². The molecule has 2 amide bonds. The third kappa shape index (κ3) is 7.73. The van der Waals surface area contributed by atoms with Gasteiger partial charge in [0.1, 0.15) is 0 Å². The monoisotopic (exact) mass is 430 g/mol. The van der Waals surface area contributed by atoms with Crippen LogP contribution in [0.15, 0.2) is 42.5 Å². The second kappa shape index (κ2) is 13.0. The van der Waals surface area contributed by atoms with Crippen LogP contribution in [0.2, 0.25) is 0 Å². The maximum Gasteiger partial charge on any atom is 0.269 e. The van der Waals surface area contributed by atoms with Crippen LogP contribution in [0.5, 0.6) is 23.0 Å². The fourth-order valence-corrected chi connectivity index (χ4v) is 2.66. The fraction of sp³-hybridized carbons (Fsp3) is 0.391. The lowest BCUT2D eigenvalue weighted by Crippen LogP contribution is -2.41. The van der Waals surface area contributed by atoms with E-state index in [-0.39, 0.29) is 12.3 Å². The highest BCUT2D eigenvalue weighted by atomic mass is 16.5. The molecule has 8 nitrogen and oxygen atoms in total. The predicted molar refractivity (Wildman–Crippen MR) is 117 cm³/mol. The Morgan fingerprint density at radius 1 is 0.839 bits per heavy atom. The molecule has 2 N–H and O–H groups in total. The minimum atomic E-state index is -0.449. The molecule has 0 spiro atoms. The van der Waals surface area contributed by atoms with E-state index in [4.69, 9.17) is 18.9 Å². The first-order chi connectivity index (χ1) is 15.1. The zero-order chi connectivity index (χ0) is 22.5. The summed E-state index contributed by atoms with van der Waals surface area (Å²) in [7, 11) is 1.51. The van der Waals surface area contributed by atoms with Crippen molar-refractivity contribution < 1.29 is 28.5 Å². The number of rotatable bonds is 12. The van der Waals surface area contributed by atoms with Gasteiger partial charge in [0.05, 0.1) is 26.9 Å². The Bertz CT molecular complexity index is 856. The van der Waals surface area contributed by atoms with Crippen molar-refractivity contribution in [2.75, 3.05) is 26.9 Å². The zero-order valence-electron chi connectivity index (χ0n) is 18.2. The summed E-state index contributed by atoms with van der Waals surface area (Å²) in [6, 6.07) is 12.2. The standard InChI is InChI=1S/C23H30N2O6/c1-4-14-30-20-13-12-17(16-21(20)28-3)23(27)25-24-22(26)11-8-15-31-19-10-7-6-9-18(19)29-5-2/h6-7,9-10,12-13,16H,4-5,8,11,14-15H2,1-3H3,(H,24,26)(H,25,27). The summed E-state index contributed by atoms with van der Waals surface area (Å²) in [6.07, 6.45) is 1.55. The number of ether oxygens (including phenoxy) is 4. The third-order valence-corrected chi connectivity index (χ3v) is 4.16. The van der Waals surface area contributed by atoms with Gasteiger partial charge in [-0.2, -0.15) is 0 Å². The van der Waals surface area contributed by atoms with Crippen molar-refractivity contribution in [2.45, 2.75) is 33.1 Å². The molecule has 8 heteroatoms. The first-order valence-electron chi connectivity index (χ1n) is 10.3. The molecule has 2 aromatic rings. The molecule has 2 rings (SSSR count). The smallest absolute Gasteiger partial charge is 0.269 e. The van der Waals surface area contributed by atoms with Crippen molar-refractivity contribution in [3.05, 3.63) is 48.0 Å². The summed E-state index contributed by atoms with van der Waals surface area (Å²) in [5, 5.41) is 0. The van der Waals surface area contributed by atoms with Crippen molar-refractivity contribution in [1.29, 1.82) is 0 Å². The molecular weight excluding hydrogens is 400 g/mol. The van der Waals surface area contributed by atoms with E-state index in [9.17, 15) is 9.59 Å². The topological polar surface area (TPSA) is 95.1 Å². The van der Waals surface area contributed by atoms with E-state index in [1.807, 2.05) is 38.1 Å². The Morgan fingerprint density at radius 2 is 1.52 bits per heavy atom. The number of methoxy groups -OCH3 is 1. The minimum Gasteiger partial charge on any atom is -0.493 e. The highest BCUT2D eigenvalue weighted by Crippen LogP contribution is 2.28. The van der Waals surface area contributed by atoms with Crippen molar-refractivity contribution in [2.24, 2.45) is 0 Å². The van der Waals surface area contributed by atoms with E-state index in [0.717, 1.165) is 6.42 Å². The van der Waals surface area contributed by atoms with Crippen LogP contribution in [-0.4, -0.2) is 38.7 Å². The molecule has 0 fully saturated rings. The predicted octanol–water partition coefficient (Wildman–Crippen LogP) is 3.50. The van der Waals surface area contributed by atoms with Gasteiger partial charge >= 0.3 is 0 Å². The van der Waals surface area contributed by atoms with Gasteiger partial charge in [-0.25, -0.2) is 0 Å². The van der Waals surface area contributed by atoms with Crippen LogP contribution in [0, 0.1) is 0 Å². The van der Waals surface area contributed by atoms with E-state index in [2.05, 4.69) is 10.9 Å². The number of amides is 2. The molecule has 31 heavy (non-hydrogen) atoms. The lowest BCUT2D eigenvalue weighted by atomic mass is 10.2. The number of hydrazine groups is 1. The van der Waals surface area contributed by atoms with E-state index < -0.39 is 5.91 Å². The molecule has 0 aliphatic rings. The van der Waals surface area contributed by atoms with Gasteiger partial charge in [0.15, 0.2) is 23.0 Å². The second-order valence-electron chi connectivity index (χ2n) is 6.55. The van der Waals surface area contributed by atoms with Gasteiger partial charge in [0.25, 0.3) is 5.91 Å². The number of carbonyl (C=O) groups is 2. The maximum absolute atomic E-state index is 12.3. The SMILES string of the molecule is CCCOc1ccc(C(=O)NNC(=O)CCCOc2ccccc2OCC)cc1OC. The summed E-state index contributed by atoms with van der Waals surface area (Å²) < 4.78 is 22.0. The Labute approximate surface area is 182 Å². The van der Waals surface area contributed by atoms with Gasteiger partial charge < -0.3 is 18.9 Å². The summed E-state index contributed by atoms with van der Waals surface area (Å²) in [5.74, 6) is 1.56. The van der Waals surface area contributed by atoms with Gasteiger partial charge in [-0.1, -0.05) is 19.1 Å². The average molecular weight is 431 g/mol. The molecule has 0 radical (unpaired) electrons. The molecule has 0 atom stereocenters. The number of hydrogen-bond acceptors (Lipinski definition) is 6. The van der Waals surface area contributed by atoms with Crippen LogP contribution in [0.4, 0.5) is 0 Å². The third-order valence-electron chi connectivity index (χ3n) is 4.16. The van der Waals surface area contributed by atoms with Crippen LogP contribution in [0.1, 0.15) is 43.5 Å². The van der Waals surface area contributed by atoms with Gasteiger partial charge in [-0.15, -0.1) is 0 Å². The Hall–Kier alpha value is -3.42. The van der Waals surface area contributed by atoms with E-state index in [0.29, 0.717) is 54.8 Å². The number of nitrogens with one attached hydrogen (secondary N) is 2. The number of para-hydroxylation sites is 2. The molecule has 0 unspecified atom stereocenters. The van der Waals surface area contributed by atoms with E-state index in [1.54, 1.807) is 18.2 Å². The van der Waals surface area contributed by atoms with Gasteiger partial charge in [0, 0.05) is 12.0 Å². The highest BCUT2D eigenvalue weighted by Gasteiger charge is 2.12. The van der Waals surface area contributed by atoms with Gasteiger partial charge in [-0.3, -0.25) is 20.4 Å². The average Bonchev–Trinajstić information content (AvgIpc) is 2.79. The number of benzene rings is 2. The molecular formula is C23H30N2O6. The van der Waals surface area contributed by atoms with Crippen LogP contribution in [0.3, 0.4) is 0 Å². The summed E-state index contributed by atoms with van der Waals surface area (Å²) in [6.45, 7) is 5.35. The van der Waals surface area contributed by atoms with Crippen LogP contribution in [-0.2, 0) is 4.79 Å². The lowest BCUT2D eigenvalue weighted by molar-refractivity contribution is -0.122. The quantitative estimate of drug-likeness (QED) is 0.395. The molecule has 0 aliphatic heterocycles. The molecule has 168 valence electrons. The van der Waals surface area contributed by atoms with Gasteiger partial charge in [0.2, 0.25) is 5.91 Å². The molecule has 0 saturated carbocycles. The summed E-state index contributed by atoms with van der Waals surface area (Å²) >= 11 is 0. The van der Waals surface area contributed by atoms with E-state index >= 15 is 0 Å². The molecule has 0 bridgehead atoms. The summed E-state index contributed by atoms with van der Waals surface area (Å²) in [4.78, 5) is 24.3. The summed E-state index contributed by atoms with van der Waals surface area (Å²) in [5.41, 5.74) is 5.15. The zero-order valence-corrected chi connectivity index (χ0v) is 18.2. The largest absolute Gasteiger partial charge is 0.493 e. The van der Waals surface area contributed by atoms with Crippen LogP contribution in [0.25, 0.3) is 0 Å². The first-order valence-corrected chi connectivity index (χ1v) is 10.3. The Kier molecular flexibility index (Phi) is 10.0. The van der Waals surface area contributed by atoms with Crippen LogP contribution >= 0.6 is 0 Å². The molecule has 0 aromatic heterocycles. The maximum atomic E-state index is 12.3. The number of carbonyl (C=O) groups excluding carboxylic acids is 2. The molecule has 0 saturated heterocycles. The van der Waals surface area contributed by atoms with Crippen LogP contribution < -0.4 is 29.8 Å². The molecule has 2 aromatic carbocycles. The molecule has 0 heterocycles. The Morgan fingerprint density at radius 3 is 2.19 bits per heavy atom. The van der Waals surface area contributed by atoms with Gasteiger partial charge in [-0.05, 0) is 50.1 Å².